The van der Waals surface area contributed by atoms with E-state index in [2.05, 4.69) is 19.2 Å². The molecule has 0 atom stereocenters. The number of carbonyl (C=O) groups is 1. The zero-order valence-corrected chi connectivity index (χ0v) is 18.2. The molecule has 0 radical (unpaired) electrons. The molecule has 154 valence electrons. The summed E-state index contributed by atoms with van der Waals surface area (Å²) in [4.78, 5) is 16.3. The Hall–Kier alpha value is -2.53. The fraction of sp³-hybridized carbons (Fsp3) is 0.391. The Kier molecular flexibility index (Phi) is 5.63. The van der Waals surface area contributed by atoms with Crippen LogP contribution < -0.4 is 10.1 Å². The monoisotopic (exact) mass is 414 g/mol. The first-order valence-corrected chi connectivity index (χ1v) is 9.94. The summed E-state index contributed by atoms with van der Waals surface area (Å²) in [6, 6.07) is 11.4. The SMILES string of the molecule is COc1ccc2nc3cc(Cl)ccc3c(NCC(C)(C)CC(C)(C)C(=O)O)c2c1. The summed E-state index contributed by atoms with van der Waals surface area (Å²) >= 11 is 6.19. The van der Waals surface area contributed by atoms with Gasteiger partial charge >= 0.3 is 5.97 Å². The number of fused-ring (bicyclic) bond motifs is 2. The standard InChI is InChI=1S/C23H27ClN2O3/c1-22(2,12-23(3,4)21(27)28)13-25-20-16-8-6-14(24)10-19(16)26-18-9-7-15(29-5)11-17(18)20/h6-11H,12-13H2,1-5H3,(H,25,26)(H,27,28). The molecule has 29 heavy (non-hydrogen) atoms. The zero-order valence-electron chi connectivity index (χ0n) is 17.5. The lowest BCUT2D eigenvalue weighted by Crippen LogP contribution is -2.34. The second-order valence-corrected chi connectivity index (χ2v) is 9.35. The molecule has 0 saturated heterocycles. The summed E-state index contributed by atoms with van der Waals surface area (Å²) in [5.74, 6) is -0.0355. The predicted molar refractivity (Wildman–Crippen MR) is 119 cm³/mol. The van der Waals surface area contributed by atoms with E-state index in [9.17, 15) is 9.90 Å². The van der Waals surface area contributed by atoms with Crippen LogP contribution in [0.5, 0.6) is 5.75 Å². The Labute approximate surface area is 176 Å². The van der Waals surface area contributed by atoms with Gasteiger partial charge in [-0.1, -0.05) is 25.4 Å². The minimum absolute atomic E-state index is 0.241. The number of carboxylic acid groups (broad SMARTS) is 1. The Morgan fingerprint density at radius 3 is 2.48 bits per heavy atom. The van der Waals surface area contributed by atoms with E-state index in [-0.39, 0.29) is 5.41 Å². The number of ether oxygens (including phenoxy) is 1. The minimum Gasteiger partial charge on any atom is -0.497 e. The van der Waals surface area contributed by atoms with E-state index in [0.717, 1.165) is 33.2 Å². The second kappa shape index (κ2) is 7.71. The second-order valence-electron chi connectivity index (χ2n) is 8.91. The number of nitrogens with zero attached hydrogens (tertiary/aromatic N) is 1. The highest BCUT2D eigenvalue weighted by atomic mass is 35.5. The average Bonchev–Trinajstić information content (AvgIpc) is 2.63. The van der Waals surface area contributed by atoms with Crippen molar-refractivity contribution in [3.05, 3.63) is 41.4 Å². The number of methoxy groups -OCH3 is 1. The Balaban J connectivity index is 2.05. The number of aromatic nitrogens is 1. The Morgan fingerprint density at radius 1 is 1.10 bits per heavy atom. The Morgan fingerprint density at radius 2 is 1.83 bits per heavy atom. The molecule has 0 aliphatic heterocycles. The largest absolute Gasteiger partial charge is 0.497 e. The molecule has 3 rings (SSSR count). The summed E-state index contributed by atoms with van der Waals surface area (Å²) in [5, 5.41) is 15.6. The van der Waals surface area contributed by atoms with Crippen LogP contribution in [0.3, 0.4) is 0 Å². The van der Waals surface area contributed by atoms with Gasteiger partial charge in [0, 0.05) is 22.3 Å². The highest BCUT2D eigenvalue weighted by molar-refractivity contribution is 6.31. The van der Waals surface area contributed by atoms with Crippen LogP contribution in [0.1, 0.15) is 34.1 Å². The number of anilines is 1. The quantitative estimate of drug-likeness (QED) is 0.464. The molecule has 0 bridgehead atoms. The van der Waals surface area contributed by atoms with Crippen LogP contribution in [0.15, 0.2) is 36.4 Å². The number of aliphatic carboxylic acids is 1. The molecular weight excluding hydrogens is 388 g/mol. The van der Waals surface area contributed by atoms with Crippen LogP contribution in [0.25, 0.3) is 21.8 Å². The van der Waals surface area contributed by atoms with Gasteiger partial charge in [0.05, 0.1) is 29.2 Å². The maximum Gasteiger partial charge on any atom is 0.309 e. The third-order valence-corrected chi connectivity index (χ3v) is 5.42. The number of carboxylic acids is 1. The smallest absolute Gasteiger partial charge is 0.309 e. The molecule has 0 spiro atoms. The van der Waals surface area contributed by atoms with Crippen molar-refractivity contribution in [2.75, 3.05) is 19.0 Å². The minimum atomic E-state index is -0.801. The van der Waals surface area contributed by atoms with Crippen LogP contribution in [0.4, 0.5) is 5.69 Å². The van der Waals surface area contributed by atoms with Gasteiger partial charge in [0.25, 0.3) is 0 Å². The van der Waals surface area contributed by atoms with Crippen molar-refractivity contribution < 1.29 is 14.6 Å². The van der Waals surface area contributed by atoms with Crippen molar-refractivity contribution in [3.63, 3.8) is 0 Å². The summed E-state index contributed by atoms with van der Waals surface area (Å²) < 4.78 is 5.40. The van der Waals surface area contributed by atoms with E-state index in [1.165, 1.54) is 0 Å². The van der Waals surface area contributed by atoms with E-state index in [1.54, 1.807) is 21.0 Å². The van der Waals surface area contributed by atoms with Crippen molar-refractivity contribution in [1.29, 1.82) is 0 Å². The lowest BCUT2D eigenvalue weighted by atomic mass is 9.75. The lowest BCUT2D eigenvalue weighted by molar-refractivity contribution is -0.148. The van der Waals surface area contributed by atoms with Gasteiger partial charge in [-0.2, -0.15) is 0 Å². The van der Waals surface area contributed by atoms with Gasteiger partial charge in [0.1, 0.15) is 5.75 Å². The van der Waals surface area contributed by atoms with Gasteiger partial charge in [-0.05, 0) is 62.1 Å². The highest BCUT2D eigenvalue weighted by Crippen LogP contribution is 2.37. The lowest BCUT2D eigenvalue weighted by Gasteiger charge is -2.33. The zero-order chi connectivity index (χ0) is 21.4. The van der Waals surface area contributed by atoms with Crippen molar-refractivity contribution in [2.24, 2.45) is 10.8 Å². The molecule has 3 aromatic rings. The number of nitrogens with one attached hydrogen (secondary N) is 1. The molecule has 0 aliphatic carbocycles. The third-order valence-electron chi connectivity index (χ3n) is 5.19. The molecule has 0 saturated carbocycles. The van der Waals surface area contributed by atoms with Crippen molar-refractivity contribution in [3.8, 4) is 5.75 Å². The van der Waals surface area contributed by atoms with Crippen molar-refractivity contribution >= 4 is 45.1 Å². The maximum absolute atomic E-state index is 11.6. The molecule has 5 nitrogen and oxygen atoms in total. The normalized spacial score (nSPS) is 12.3. The molecule has 1 aromatic heterocycles. The van der Waals surface area contributed by atoms with Gasteiger partial charge in [-0.15, -0.1) is 0 Å². The average molecular weight is 415 g/mol. The fourth-order valence-electron chi connectivity index (χ4n) is 3.88. The maximum atomic E-state index is 11.6. The number of benzene rings is 2. The molecule has 1 heterocycles. The van der Waals surface area contributed by atoms with Crippen LogP contribution in [-0.2, 0) is 4.79 Å². The van der Waals surface area contributed by atoms with Gasteiger partial charge < -0.3 is 15.2 Å². The van der Waals surface area contributed by atoms with Gasteiger partial charge in [-0.3, -0.25) is 4.79 Å². The fourth-order valence-corrected chi connectivity index (χ4v) is 4.04. The Bertz CT molecular complexity index is 1080. The highest BCUT2D eigenvalue weighted by Gasteiger charge is 2.34. The predicted octanol–water partition coefficient (Wildman–Crippen LogP) is 5.99. The number of hydrogen-bond donors (Lipinski definition) is 2. The number of rotatable bonds is 7. The van der Waals surface area contributed by atoms with Crippen LogP contribution >= 0.6 is 11.6 Å². The molecule has 6 heteroatoms. The van der Waals surface area contributed by atoms with Gasteiger partial charge in [0.2, 0.25) is 0 Å². The summed E-state index contributed by atoms with van der Waals surface area (Å²) in [5.41, 5.74) is 1.55. The first-order valence-electron chi connectivity index (χ1n) is 9.57. The molecule has 0 amide bonds. The molecule has 0 aliphatic rings. The third kappa shape index (κ3) is 4.56. The summed E-state index contributed by atoms with van der Waals surface area (Å²) in [7, 11) is 1.64. The van der Waals surface area contributed by atoms with Crippen LogP contribution in [0.2, 0.25) is 5.02 Å². The molecule has 0 unspecified atom stereocenters. The molecule has 0 fully saturated rings. The summed E-state index contributed by atoms with van der Waals surface area (Å²) in [6.45, 7) is 8.29. The number of halogens is 1. The first-order chi connectivity index (χ1) is 13.5. The van der Waals surface area contributed by atoms with E-state index in [4.69, 9.17) is 21.3 Å². The van der Waals surface area contributed by atoms with Crippen LogP contribution in [-0.4, -0.2) is 29.7 Å². The number of hydrogen-bond acceptors (Lipinski definition) is 4. The number of pyridine rings is 1. The van der Waals surface area contributed by atoms with Gasteiger partial charge in [0.15, 0.2) is 0 Å². The topological polar surface area (TPSA) is 71.5 Å². The van der Waals surface area contributed by atoms with Crippen molar-refractivity contribution in [1.82, 2.24) is 4.98 Å². The van der Waals surface area contributed by atoms with Crippen molar-refractivity contribution in [2.45, 2.75) is 34.1 Å². The summed E-state index contributed by atoms with van der Waals surface area (Å²) in [6.07, 6.45) is 0.540. The van der Waals surface area contributed by atoms with E-state index < -0.39 is 11.4 Å². The van der Waals surface area contributed by atoms with Crippen LogP contribution in [0, 0.1) is 10.8 Å². The van der Waals surface area contributed by atoms with E-state index in [0.29, 0.717) is 18.0 Å². The van der Waals surface area contributed by atoms with E-state index >= 15 is 0 Å². The molecular formula is C23H27ClN2O3. The van der Waals surface area contributed by atoms with Gasteiger partial charge in [-0.25, -0.2) is 4.98 Å². The van der Waals surface area contributed by atoms with E-state index in [1.807, 2.05) is 36.4 Å². The molecule has 2 N–H and O–H groups in total. The molecule has 2 aromatic carbocycles. The first kappa shape index (κ1) is 21.2.